The zero-order chi connectivity index (χ0) is 14.8. The summed E-state index contributed by atoms with van der Waals surface area (Å²) < 4.78 is 12.7. The molecule has 1 saturated carbocycles. The largest absolute Gasteiger partial charge is 0.495 e. The zero-order valence-electron chi connectivity index (χ0n) is 12.2. The van der Waals surface area contributed by atoms with E-state index in [0.717, 1.165) is 30.8 Å². The molecular weight excluding hydrogens is 270 g/mol. The summed E-state index contributed by atoms with van der Waals surface area (Å²) in [6.07, 6.45) is 2.20. The molecule has 2 aromatic rings. The highest BCUT2D eigenvalue weighted by molar-refractivity contribution is 5.65. The van der Waals surface area contributed by atoms with Gasteiger partial charge in [0.25, 0.3) is 0 Å². The topological polar surface area (TPSA) is 88.1 Å². The number of anilines is 1. The van der Waals surface area contributed by atoms with Crippen molar-refractivity contribution >= 4 is 5.69 Å². The van der Waals surface area contributed by atoms with Gasteiger partial charge in [-0.25, -0.2) is 4.68 Å². The first kappa shape index (κ1) is 13.8. The Hall–Kier alpha value is -2.15. The minimum absolute atomic E-state index is 0.287. The van der Waals surface area contributed by atoms with Crippen molar-refractivity contribution in [3.05, 3.63) is 18.2 Å². The van der Waals surface area contributed by atoms with Gasteiger partial charge in [-0.05, 0) is 48.4 Å². The van der Waals surface area contributed by atoms with Crippen LogP contribution in [0, 0.1) is 0 Å². The number of methoxy groups -OCH3 is 1. The van der Waals surface area contributed by atoms with Crippen molar-refractivity contribution in [3.8, 4) is 17.1 Å². The Balaban J connectivity index is 1.83. The van der Waals surface area contributed by atoms with Crippen molar-refractivity contribution in [3.63, 3.8) is 0 Å². The second-order valence-electron chi connectivity index (χ2n) is 5.11. The second kappa shape index (κ2) is 5.69. The Morgan fingerprint density at radius 1 is 1.38 bits per heavy atom. The van der Waals surface area contributed by atoms with Crippen LogP contribution in [-0.2, 0) is 4.74 Å². The summed E-state index contributed by atoms with van der Waals surface area (Å²) in [4.78, 5) is 0. The van der Waals surface area contributed by atoms with E-state index in [9.17, 15) is 0 Å². The third-order valence-electron chi connectivity index (χ3n) is 3.80. The Bertz CT molecular complexity index is 622. The molecule has 1 aromatic carbocycles. The zero-order valence-corrected chi connectivity index (χ0v) is 12.2. The fourth-order valence-corrected chi connectivity index (χ4v) is 2.59. The number of nitrogens with zero attached hydrogens (tertiary/aromatic N) is 4. The maximum absolute atomic E-state index is 5.84. The standard InChI is InChI=1S/C14H19N5O2/c1-3-21-11-7-10(8-11)19-14(16-17-18-19)9-4-5-12(15)13(6-9)20-2/h4-6,10-11H,3,7-8,15H2,1-2H3. The van der Waals surface area contributed by atoms with Gasteiger partial charge in [0.15, 0.2) is 5.82 Å². The third-order valence-corrected chi connectivity index (χ3v) is 3.80. The van der Waals surface area contributed by atoms with Gasteiger partial charge in [0.05, 0.1) is 24.9 Å². The lowest BCUT2D eigenvalue weighted by atomic mass is 9.89. The molecule has 0 amide bonds. The van der Waals surface area contributed by atoms with Crippen LogP contribution >= 0.6 is 0 Å². The maximum atomic E-state index is 5.84. The molecule has 7 nitrogen and oxygen atoms in total. The monoisotopic (exact) mass is 289 g/mol. The van der Waals surface area contributed by atoms with Crippen molar-refractivity contribution in [1.82, 2.24) is 20.2 Å². The van der Waals surface area contributed by atoms with Crippen LogP contribution in [0.2, 0.25) is 0 Å². The van der Waals surface area contributed by atoms with Crippen molar-refractivity contribution in [1.29, 1.82) is 0 Å². The minimum atomic E-state index is 0.287. The molecule has 0 bridgehead atoms. The Labute approximate surface area is 123 Å². The van der Waals surface area contributed by atoms with E-state index in [4.69, 9.17) is 15.2 Å². The fraction of sp³-hybridized carbons (Fsp3) is 0.500. The molecule has 3 rings (SSSR count). The number of hydrogen-bond donors (Lipinski definition) is 1. The highest BCUT2D eigenvalue weighted by Crippen LogP contribution is 2.37. The minimum Gasteiger partial charge on any atom is -0.495 e. The molecule has 1 heterocycles. The van der Waals surface area contributed by atoms with Crippen LogP contribution in [-0.4, -0.2) is 40.0 Å². The van der Waals surface area contributed by atoms with Crippen LogP contribution < -0.4 is 10.5 Å². The summed E-state index contributed by atoms with van der Waals surface area (Å²) in [5.74, 6) is 1.36. The second-order valence-corrected chi connectivity index (χ2v) is 5.11. The van der Waals surface area contributed by atoms with E-state index in [1.807, 2.05) is 23.7 Å². The summed E-state index contributed by atoms with van der Waals surface area (Å²) in [5.41, 5.74) is 7.33. The lowest BCUT2D eigenvalue weighted by Gasteiger charge is -2.34. The van der Waals surface area contributed by atoms with Crippen LogP contribution in [0.4, 0.5) is 5.69 Å². The van der Waals surface area contributed by atoms with Crippen LogP contribution in [0.25, 0.3) is 11.4 Å². The van der Waals surface area contributed by atoms with Crippen LogP contribution in [0.3, 0.4) is 0 Å². The van der Waals surface area contributed by atoms with Crippen molar-refractivity contribution < 1.29 is 9.47 Å². The van der Waals surface area contributed by atoms with Gasteiger partial charge >= 0.3 is 0 Å². The SMILES string of the molecule is CCOC1CC(n2nnnc2-c2ccc(N)c(OC)c2)C1. The molecule has 1 aromatic heterocycles. The summed E-state index contributed by atoms with van der Waals surface area (Å²) in [7, 11) is 1.59. The number of hydrogen-bond acceptors (Lipinski definition) is 6. The van der Waals surface area contributed by atoms with Crippen molar-refractivity contribution in [2.45, 2.75) is 31.9 Å². The summed E-state index contributed by atoms with van der Waals surface area (Å²) in [6.45, 7) is 2.76. The van der Waals surface area contributed by atoms with Gasteiger partial charge in [-0.15, -0.1) is 5.10 Å². The Morgan fingerprint density at radius 3 is 2.90 bits per heavy atom. The van der Waals surface area contributed by atoms with Gasteiger partial charge in [-0.3, -0.25) is 0 Å². The first-order chi connectivity index (χ1) is 10.2. The number of nitrogen functional groups attached to an aromatic ring is 1. The third kappa shape index (κ3) is 2.56. The first-order valence-corrected chi connectivity index (χ1v) is 7.06. The summed E-state index contributed by atoms with van der Waals surface area (Å²) in [5, 5.41) is 12.0. The molecule has 0 radical (unpaired) electrons. The smallest absolute Gasteiger partial charge is 0.182 e. The van der Waals surface area contributed by atoms with E-state index >= 15 is 0 Å². The summed E-state index contributed by atoms with van der Waals surface area (Å²) >= 11 is 0. The molecule has 112 valence electrons. The van der Waals surface area contributed by atoms with Gasteiger partial charge in [-0.1, -0.05) is 0 Å². The average molecular weight is 289 g/mol. The van der Waals surface area contributed by atoms with E-state index in [1.54, 1.807) is 13.2 Å². The number of aromatic nitrogens is 4. The highest BCUT2D eigenvalue weighted by Gasteiger charge is 2.33. The molecule has 0 atom stereocenters. The van der Waals surface area contributed by atoms with Crippen molar-refractivity contribution in [2.24, 2.45) is 0 Å². The lowest BCUT2D eigenvalue weighted by molar-refractivity contribution is -0.0227. The van der Waals surface area contributed by atoms with Gasteiger partial charge in [-0.2, -0.15) is 0 Å². The molecule has 2 N–H and O–H groups in total. The van der Waals surface area contributed by atoms with Crippen LogP contribution in [0.1, 0.15) is 25.8 Å². The van der Waals surface area contributed by atoms with Gasteiger partial charge in [0, 0.05) is 12.2 Å². The number of ether oxygens (including phenoxy) is 2. The van der Waals surface area contributed by atoms with Crippen molar-refractivity contribution in [2.75, 3.05) is 19.5 Å². The van der Waals surface area contributed by atoms with Crippen LogP contribution in [0.5, 0.6) is 5.75 Å². The Morgan fingerprint density at radius 2 is 2.19 bits per heavy atom. The highest BCUT2D eigenvalue weighted by atomic mass is 16.5. The fourth-order valence-electron chi connectivity index (χ4n) is 2.59. The van der Waals surface area contributed by atoms with E-state index in [1.165, 1.54) is 0 Å². The van der Waals surface area contributed by atoms with Crippen LogP contribution in [0.15, 0.2) is 18.2 Å². The van der Waals surface area contributed by atoms with Gasteiger partial charge < -0.3 is 15.2 Å². The number of nitrogens with two attached hydrogens (primary N) is 1. The van der Waals surface area contributed by atoms with E-state index in [2.05, 4.69) is 15.5 Å². The maximum Gasteiger partial charge on any atom is 0.182 e. The average Bonchev–Trinajstić information content (AvgIpc) is 2.92. The normalized spacial score (nSPS) is 21.0. The molecule has 1 aliphatic rings. The van der Waals surface area contributed by atoms with E-state index in [-0.39, 0.29) is 6.04 Å². The molecule has 1 fully saturated rings. The number of benzene rings is 1. The molecule has 1 aliphatic carbocycles. The van der Waals surface area contributed by atoms with E-state index < -0.39 is 0 Å². The lowest BCUT2D eigenvalue weighted by Crippen LogP contribution is -2.34. The molecule has 7 heteroatoms. The first-order valence-electron chi connectivity index (χ1n) is 7.06. The Kier molecular flexibility index (Phi) is 3.74. The number of tetrazole rings is 1. The van der Waals surface area contributed by atoms with Gasteiger partial charge in [0.1, 0.15) is 5.75 Å². The number of rotatable bonds is 5. The summed E-state index contributed by atoms with van der Waals surface area (Å²) in [6, 6.07) is 5.85. The predicted octanol–water partition coefficient (Wildman–Crippen LogP) is 1.67. The predicted molar refractivity (Wildman–Crippen MR) is 77.9 cm³/mol. The molecular formula is C14H19N5O2. The molecule has 0 aliphatic heterocycles. The van der Waals surface area contributed by atoms with Gasteiger partial charge in [0.2, 0.25) is 0 Å². The molecule has 0 saturated heterocycles. The molecule has 0 unspecified atom stereocenters. The van der Waals surface area contributed by atoms with E-state index in [0.29, 0.717) is 17.5 Å². The molecule has 0 spiro atoms. The quantitative estimate of drug-likeness (QED) is 0.842. The molecule has 21 heavy (non-hydrogen) atoms.